The molecule has 0 aliphatic carbocycles. The van der Waals surface area contributed by atoms with Crippen molar-refractivity contribution in [2.24, 2.45) is 5.92 Å². The molecule has 0 spiro atoms. The monoisotopic (exact) mass is 589 g/mol. The van der Waals surface area contributed by atoms with E-state index in [1.54, 1.807) is 18.2 Å². The number of halogens is 3. The molecule has 7 nitrogen and oxygen atoms in total. The molecule has 0 heterocycles. The highest BCUT2D eigenvalue weighted by atomic mass is 35.5. The van der Waals surface area contributed by atoms with Gasteiger partial charge in [-0.1, -0.05) is 73.8 Å². The maximum Gasteiger partial charge on any atom is 0.242 e. The second-order valence-corrected chi connectivity index (χ2v) is 12.4. The predicted octanol–water partition coefficient (Wildman–Crippen LogP) is 5.77. The molecule has 0 unspecified atom stereocenters. The Morgan fingerprint density at radius 1 is 1.03 bits per heavy atom. The Kier molecular flexibility index (Phi) is 12.0. The quantitative estimate of drug-likeness (QED) is 0.321. The molecule has 2 aromatic rings. The molecule has 0 aliphatic heterocycles. The van der Waals surface area contributed by atoms with Crippen molar-refractivity contribution in [3.63, 3.8) is 0 Å². The summed E-state index contributed by atoms with van der Waals surface area (Å²) >= 11 is 18.7. The van der Waals surface area contributed by atoms with Gasteiger partial charge in [0.2, 0.25) is 21.8 Å². The number of sulfonamides is 1. The molecule has 2 amide bonds. The Labute approximate surface area is 235 Å². The van der Waals surface area contributed by atoms with Crippen LogP contribution in [0.2, 0.25) is 15.1 Å². The van der Waals surface area contributed by atoms with Gasteiger partial charge in [0.25, 0.3) is 0 Å². The van der Waals surface area contributed by atoms with E-state index in [1.807, 2.05) is 32.9 Å². The maximum absolute atomic E-state index is 13.5. The van der Waals surface area contributed by atoms with Gasteiger partial charge < -0.3 is 10.2 Å². The lowest BCUT2D eigenvalue weighted by Crippen LogP contribution is -2.49. The first kappa shape index (κ1) is 31.2. The van der Waals surface area contributed by atoms with E-state index >= 15 is 0 Å². The highest BCUT2D eigenvalue weighted by Crippen LogP contribution is 2.31. The van der Waals surface area contributed by atoms with Crippen molar-refractivity contribution >= 4 is 62.3 Å². The number of rotatable bonds is 13. The molecule has 0 aliphatic rings. The summed E-state index contributed by atoms with van der Waals surface area (Å²) in [5.74, 6) is -0.258. The second-order valence-electron chi connectivity index (χ2n) is 9.21. The topological polar surface area (TPSA) is 86.8 Å². The molecule has 204 valence electrons. The fourth-order valence-electron chi connectivity index (χ4n) is 3.81. The number of nitrogens with zero attached hydrogens (tertiary/aromatic N) is 2. The molecule has 0 bridgehead atoms. The highest BCUT2D eigenvalue weighted by molar-refractivity contribution is 7.92. The lowest BCUT2D eigenvalue weighted by molar-refractivity contribution is -0.141. The van der Waals surface area contributed by atoms with Gasteiger partial charge in [-0.3, -0.25) is 13.9 Å². The first-order valence-electron chi connectivity index (χ1n) is 12.1. The number of hydrogen-bond acceptors (Lipinski definition) is 4. The second kappa shape index (κ2) is 14.2. The average Bonchev–Trinajstić information content (AvgIpc) is 2.82. The van der Waals surface area contributed by atoms with Gasteiger partial charge in [-0.05, 0) is 48.6 Å². The van der Waals surface area contributed by atoms with Crippen LogP contribution in [0.3, 0.4) is 0 Å². The number of benzene rings is 2. The highest BCUT2D eigenvalue weighted by Gasteiger charge is 2.29. The smallest absolute Gasteiger partial charge is 0.242 e. The molecule has 0 aromatic heterocycles. The van der Waals surface area contributed by atoms with Crippen LogP contribution in [0, 0.1) is 5.92 Å². The molecule has 37 heavy (non-hydrogen) atoms. The van der Waals surface area contributed by atoms with Gasteiger partial charge in [-0.15, -0.1) is 0 Å². The van der Waals surface area contributed by atoms with Crippen LogP contribution in [0.25, 0.3) is 0 Å². The van der Waals surface area contributed by atoms with E-state index in [-0.39, 0.29) is 54.4 Å². The molecule has 0 radical (unpaired) electrons. The zero-order valence-electron chi connectivity index (χ0n) is 21.5. The van der Waals surface area contributed by atoms with Crippen LogP contribution in [0.15, 0.2) is 42.5 Å². The average molecular weight is 591 g/mol. The Bertz CT molecular complexity index is 1190. The van der Waals surface area contributed by atoms with Gasteiger partial charge in [0.05, 0.1) is 17.0 Å². The maximum atomic E-state index is 13.5. The van der Waals surface area contributed by atoms with Crippen molar-refractivity contribution in [3.8, 4) is 0 Å². The minimum Gasteiger partial charge on any atom is -0.354 e. The van der Waals surface area contributed by atoms with Gasteiger partial charge in [0.15, 0.2) is 0 Å². The predicted molar refractivity (Wildman–Crippen MR) is 152 cm³/mol. The first-order chi connectivity index (χ1) is 17.3. The van der Waals surface area contributed by atoms with Crippen LogP contribution in [0.1, 0.15) is 45.6 Å². The molecule has 1 N–H and O–H groups in total. The summed E-state index contributed by atoms with van der Waals surface area (Å²) in [5, 5.41) is 3.98. The number of nitrogens with one attached hydrogen (secondary N) is 1. The van der Waals surface area contributed by atoms with E-state index in [2.05, 4.69) is 5.32 Å². The zero-order valence-corrected chi connectivity index (χ0v) is 24.6. The van der Waals surface area contributed by atoms with Crippen molar-refractivity contribution in [3.05, 3.63) is 63.1 Å². The lowest BCUT2D eigenvalue weighted by atomic mass is 10.1. The van der Waals surface area contributed by atoms with E-state index in [4.69, 9.17) is 34.8 Å². The Balaban J connectivity index is 2.25. The van der Waals surface area contributed by atoms with E-state index in [1.165, 1.54) is 17.0 Å². The van der Waals surface area contributed by atoms with Crippen LogP contribution in [-0.4, -0.2) is 50.5 Å². The number of hydrogen-bond donors (Lipinski definition) is 1. The van der Waals surface area contributed by atoms with Crippen molar-refractivity contribution < 1.29 is 18.0 Å². The van der Waals surface area contributed by atoms with Crippen LogP contribution in [-0.2, 0) is 26.2 Å². The van der Waals surface area contributed by atoms with Crippen molar-refractivity contribution in [2.75, 3.05) is 23.7 Å². The molecular formula is C26H34Cl3N3O4S. The molecule has 1 atom stereocenters. The Morgan fingerprint density at radius 3 is 2.30 bits per heavy atom. The summed E-state index contributed by atoms with van der Waals surface area (Å²) in [7, 11) is -3.70. The zero-order chi connectivity index (χ0) is 27.8. The minimum absolute atomic E-state index is 0.0148. The lowest BCUT2D eigenvalue weighted by Gasteiger charge is -2.31. The standard InChI is InChI=1S/C26H34Cl3N3O4S/c1-5-23(26(34)30-16-18(2)3)31(17-19-9-6-7-10-21(19)28)25(33)11-8-14-32(37(4,35)36)24-15-20(27)12-13-22(24)29/h6-7,9-10,12-13,15,18,23H,5,8,11,14,16-17H2,1-4H3,(H,30,34)/t23-/m1/s1. The van der Waals surface area contributed by atoms with Gasteiger partial charge in [0.1, 0.15) is 6.04 Å². The third-order valence-electron chi connectivity index (χ3n) is 5.70. The van der Waals surface area contributed by atoms with Gasteiger partial charge >= 0.3 is 0 Å². The van der Waals surface area contributed by atoms with Crippen molar-refractivity contribution in [2.45, 2.75) is 52.6 Å². The number of carbonyl (C=O) groups is 2. The molecule has 0 saturated heterocycles. The fourth-order valence-corrected chi connectivity index (χ4v) is 5.41. The van der Waals surface area contributed by atoms with Gasteiger partial charge in [-0.2, -0.15) is 0 Å². The van der Waals surface area contributed by atoms with E-state index < -0.39 is 16.1 Å². The van der Waals surface area contributed by atoms with Crippen LogP contribution < -0.4 is 9.62 Å². The third-order valence-corrected chi connectivity index (χ3v) is 7.80. The molecule has 11 heteroatoms. The normalized spacial score (nSPS) is 12.3. The van der Waals surface area contributed by atoms with E-state index in [9.17, 15) is 18.0 Å². The number of carbonyl (C=O) groups excluding carboxylic acids is 2. The molecule has 0 saturated carbocycles. The fraction of sp³-hybridized carbons (Fsp3) is 0.462. The minimum atomic E-state index is -3.70. The van der Waals surface area contributed by atoms with Gasteiger partial charge in [-0.25, -0.2) is 8.42 Å². The van der Waals surface area contributed by atoms with Crippen LogP contribution in [0.4, 0.5) is 5.69 Å². The third kappa shape index (κ3) is 9.36. The summed E-state index contributed by atoms with van der Waals surface area (Å²) in [5.41, 5.74) is 0.965. The molecule has 0 fully saturated rings. The first-order valence-corrected chi connectivity index (χ1v) is 15.1. The van der Waals surface area contributed by atoms with Crippen LogP contribution >= 0.6 is 34.8 Å². The largest absolute Gasteiger partial charge is 0.354 e. The van der Waals surface area contributed by atoms with E-state index in [0.29, 0.717) is 23.0 Å². The Morgan fingerprint density at radius 2 is 1.70 bits per heavy atom. The molecule has 2 aromatic carbocycles. The van der Waals surface area contributed by atoms with Crippen molar-refractivity contribution in [1.82, 2.24) is 10.2 Å². The molecular weight excluding hydrogens is 557 g/mol. The summed E-state index contributed by atoms with van der Waals surface area (Å²) in [6, 6.07) is 11.0. The Hall–Kier alpha value is -2.00. The van der Waals surface area contributed by atoms with E-state index in [0.717, 1.165) is 16.1 Å². The number of anilines is 1. The van der Waals surface area contributed by atoms with Crippen LogP contribution in [0.5, 0.6) is 0 Å². The van der Waals surface area contributed by atoms with Crippen molar-refractivity contribution in [1.29, 1.82) is 0 Å². The summed E-state index contributed by atoms with van der Waals surface area (Å²) < 4.78 is 26.2. The molecule has 2 rings (SSSR count). The van der Waals surface area contributed by atoms with Gasteiger partial charge in [0, 0.05) is 36.1 Å². The SMILES string of the molecule is CC[C@H](C(=O)NCC(C)C)N(Cc1ccccc1Cl)C(=O)CCCN(c1cc(Cl)ccc1Cl)S(C)(=O)=O. The summed E-state index contributed by atoms with van der Waals surface area (Å²) in [6.45, 7) is 6.50. The summed E-state index contributed by atoms with van der Waals surface area (Å²) in [4.78, 5) is 28.0. The number of amides is 2. The summed E-state index contributed by atoms with van der Waals surface area (Å²) in [6.07, 6.45) is 1.70.